The Kier molecular flexibility index (Phi) is 4.62. The zero-order valence-corrected chi connectivity index (χ0v) is 12.5. The fourth-order valence-electron chi connectivity index (χ4n) is 2.42. The van der Waals surface area contributed by atoms with Gasteiger partial charge >= 0.3 is 0 Å². The second kappa shape index (κ2) is 6.01. The third kappa shape index (κ3) is 3.10. The molecule has 17 heavy (non-hydrogen) atoms. The second-order valence-corrected chi connectivity index (χ2v) is 6.43. The zero-order chi connectivity index (χ0) is 12.3. The van der Waals surface area contributed by atoms with Crippen LogP contribution in [-0.2, 0) is 0 Å². The maximum Gasteiger partial charge on any atom is 0.265 e. The Morgan fingerprint density at radius 3 is 2.53 bits per heavy atom. The van der Waals surface area contributed by atoms with Crippen molar-refractivity contribution in [2.24, 2.45) is 0 Å². The topological polar surface area (TPSA) is 20.3 Å². The molecular weight excluding hydrogens is 298 g/mol. The van der Waals surface area contributed by atoms with Gasteiger partial charge in [0, 0.05) is 17.6 Å². The van der Waals surface area contributed by atoms with Crippen LogP contribution >= 0.6 is 27.3 Å². The predicted octanol–water partition coefficient (Wildman–Crippen LogP) is 4.31. The van der Waals surface area contributed by atoms with Gasteiger partial charge in [-0.2, -0.15) is 0 Å². The molecule has 1 heterocycles. The summed E-state index contributed by atoms with van der Waals surface area (Å²) in [6, 6.07) is 2.37. The number of hydrogen-bond donors (Lipinski definition) is 0. The Hall–Kier alpha value is -0.350. The molecule has 1 aromatic rings. The normalized spacial score (nSPS) is 17.8. The van der Waals surface area contributed by atoms with E-state index in [2.05, 4.69) is 15.9 Å². The molecule has 0 saturated heterocycles. The molecule has 0 N–H and O–H groups in total. The molecule has 2 nitrogen and oxygen atoms in total. The van der Waals surface area contributed by atoms with Crippen LogP contribution in [0.15, 0.2) is 15.9 Å². The summed E-state index contributed by atoms with van der Waals surface area (Å²) in [5.74, 6) is 0.166. The highest BCUT2D eigenvalue weighted by molar-refractivity contribution is 9.10. The highest BCUT2D eigenvalue weighted by Gasteiger charge is 2.24. The molecule has 0 radical (unpaired) electrons. The van der Waals surface area contributed by atoms with E-state index in [1.54, 1.807) is 0 Å². The zero-order valence-electron chi connectivity index (χ0n) is 10.1. The fraction of sp³-hybridized carbons (Fsp3) is 0.615. The minimum Gasteiger partial charge on any atom is -0.338 e. The van der Waals surface area contributed by atoms with Crippen LogP contribution in [0.25, 0.3) is 0 Å². The molecule has 94 valence electrons. The van der Waals surface area contributed by atoms with Crippen LogP contribution < -0.4 is 0 Å². The number of hydrogen-bond acceptors (Lipinski definition) is 2. The number of halogens is 1. The maximum atomic E-state index is 12.3. The molecule has 2 rings (SSSR count). The SMILES string of the molecule is CN(C(=O)c1sccc1Br)C1CCCCCC1. The Morgan fingerprint density at radius 2 is 2.00 bits per heavy atom. The first kappa shape index (κ1) is 13.1. The fourth-order valence-corrected chi connectivity index (χ4v) is 3.94. The van der Waals surface area contributed by atoms with Crippen LogP contribution in [0.4, 0.5) is 0 Å². The average Bonchev–Trinajstić information content (AvgIpc) is 2.60. The summed E-state index contributed by atoms with van der Waals surface area (Å²) in [7, 11) is 1.95. The molecule has 0 unspecified atom stereocenters. The van der Waals surface area contributed by atoms with Crippen molar-refractivity contribution in [3.63, 3.8) is 0 Å². The molecule has 1 fully saturated rings. The van der Waals surface area contributed by atoms with E-state index in [1.165, 1.54) is 37.0 Å². The largest absolute Gasteiger partial charge is 0.338 e. The second-order valence-electron chi connectivity index (χ2n) is 4.66. The minimum absolute atomic E-state index is 0.166. The Balaban J connectivity index is 2.06. The quantitative estimate of drug-likeness (QED) is 0.745. The minimum atomic E-state index is 0.166. The lowest BCUT2D eigenvalue weighted by atomic mass is 10.1. The van der Waals surface area contributed by atoms with Gasteiger partial charge in [-0.1, -0.05) is 25.7 Å². The monoisotopic (exact) mass is 315 g/mol. The third-order valence-electron chi connectivity index (χ3n) is 3.50. The van der Waals surface area contributed by atoms with E-state index < -0.39 is 0 Å². The van der Waals surface area contributed by atoms with E-state index in [-0.39, 0.29) is 5.91 Å². The number of amides is 1. The first-order valence-corrected chi connectivity index (χ1v) is 7.87. The van der Waals surface area contributed by atoms with Crippen LogP contribution in [0.3, 0.4) is 0 Å². The van der Waals surface area contributed by atoms with Gasteiger partial charge in [0.2, 0.25) is 0 Å². The van der Waals surface area contributed by atoms with Crippen molar-refractivity contribution in [1.82, 2.24) is 4.90 Å². The van der Waals surface area contributed by atoms with E-state index in [4.69, 9.17) is 0 Å². The maximum absolute atomic E-state index is 12.3. The molecule has 1 aliphatic rings. The Bertz CT molecular complexity index is 383. The summed E-state index contributed by atoms with van der Waals surface area (Å²) in [5, 5.41) is 1.96. The average molecular weight is 316 g/mol. The number of nitrogens with zero attached hydrogens (tertiary/aromatic N) is 1. The molecule has 4 heteroatoms. The summed E-state index contributed by atoms with van der Waals surface area (Å²) in [6.45, 7) is 0. The van der Waals surface area contributed by atoms with Gasteiger partial charge in [0.1, 0.15) is 4.88 Å². The Labute approximate surface area is 115 Å². The summed E-state index contributed by atoms with van der Waals surface area (Å²) in [5.41, 5.74) is 0. The van der Waals surface area contributed by atoms with Gasteiger partial charge in [-0.3, -0.25) is 4.79 Å². The molecule has 1 amide bonds. The molecule has 0 bridgehead atoms. The lowest BCUT2D eigenvalue weighted by molar-refractivity contribution is 0.0722. The van der Waals surface area contributed by atoms with Crippen molar-refractivity contribution in [1.29, 1.82) is 0 Å². The Morgan fingerprint density at radius 1 is 1.35 bits per heavy atom. The van der Waals surface area contributed by atoms with Gasteiger partial charge in [-0.15, -0.1) is 11.3 Å². The van der Waals surface area contributed by atoms with Gasteiger partial charge < -0.3 is 4.90 Å². The summed E-state index contributed by atoms with van der Waals surface area (Å²) < 4.78 is 0.924. The summed E-state index contributed by atoms with van der Waals surface area (Å²) in [4.78, 5) is 15.1. The van der Waals surface area contributed by atoms with Crippen LogP contribution in [0.2, 0.25) is 0 Å². The van der Waals surface area contributed by atoms with Gasteiger partial charge in [-0.25, -0.2) is 0 Å². The van der Waals surface area contributed by atoms with Gasteiger partial charge in [0.05, 0.1) is 0 Å². The van der Waals surface area contributed by atoms with Crippen LogP contribution in [0.5, 0.6) is 0 Å². The van der Waals surface area contributed by atoms with Gasteiger partial charge in [0.25, 0.3) is 5.91 Å². The molecule has 1 aliphatic carbocycles. The van der Waals surface area contributed by atoms with Crippen molar-refractivity contribution in [2.45, 2.75) is 44.6 Å². The van der Waals surface area contributed by atoms with Crippen LogP contribution in [0.1, 0.15) is 48.2 Å². The van der Waals surface area contributed by atoms with Crippen LogP contribution in [-0.4, -0.2) is 23.9 Å². The summed E-state index contributed by atoms with van der Waals surface area (Å²) in [6.07, 6.45) is 7.47. The van der Waals surface area contributed by atoms with E-state index in [1.807, 2.05) is 23.4 Å². The van der Waals surface area contributed by atoms with Crippen molar-refractivity contribution in [3.8, 4) is 0 Å². The molecule has 0 spiro atoms. The van der Waals surface area contributed by atoms with E-state index in [0.29, 0.717) is 6.04 Å². The van der Waals surface area contributed by atoms with Crippen molar-refractivity contribution in [3.05, 3.63) is 20.8 Å². The first-order chi connectivity index (χ1) is 8.20. The molecular formula is C13H18BrNOS. The molecule has 1 saturated carbocycles. The molecule has 0 aliphatic heterocycles. The highest BCUT2D eigenvalue weighted by atomic mass is 79.9. The highest BCUT2D eigenvalue weighted by Crippen LogP contribution is 2.27. The lowest BCUT2D eigenvalue weighted by Gasteiger charge is -2.27. The van der Waals surface area contributed by atoms with Crippen molar-refractivity contribution < 1.29 is 4.79 Å². The third-order valence-corrected chi connectivity index (χ3v) is 5.33. The number of carbonyl (C=O) groups is 1. The molecule has 0 atom stereocenters. The van der Waals surface area contributed by atoms with Crippen molar-refractivity contribution in [2.75, 3.05) is 7.05 Å². The van der Waals surface area contributed by atoms with Crippen molar-refractivity contribution >= 4 is 33.2 Å². The first-order valence-electron chi connectivity index (χ1n) is 6.20. The number of rotatable bonds is 2. The van der Waals surface area contributed by atoms with Gasteiger partial charge in [-0.05, 0) is 40.2 Å². The molecule has 0 aromatic carbocycles. The smallest absolute Gasteiger partial charge is 0.265 e. The number of thiophene rings is 1. The van der Waals surface area contributed by atoms with E-state index in [0.717, 1.165) is 22.2 Å². The molecule has 1 aromatic heterocycles. The number of carbonyl (C=O) groups excluding carboxylic acids is 1. The lowest BCUT2D eigenvalue weighted by Crippen LogP contribution is -2.36. The van der Waals surface area contributed by atoms with Crippen LogP contribution in [0, 0.1) is 0 Å². The summed E-state index contributed by atoms with van der Waals surface area (Å²) >= 11 is 4.95. The predicted molar refractivity (Wildman–Crippen MR) is 75.6 cm³/mol. The van der Waals surface area contributed by atoms with Gasteiger partial charge in [0.15, 0.2) is 0 Å². The van der Waals surface area contributed by atoms with E-state index >= 15 is 0 Å². The standard InChI is InChI=1S/C13H18BrNOS/c1-15(10-6-4-2-3-5-7-10)13(16)12-11(14)8-9-17-12/h8-10H,2-7H2,1H3. The van der Waals surface area contributed by atoms with E-state index in [9.17, 15) is 4.79 Å².